The largest absolute Gasteiger partial charge is 0.303 e. The van der Waals surface area contributed by atoms with Crippen molar-refractivity contribution in [3.8, 4) is 0 Å². The highest BCUT2D eigenvalue weighted by Gasteiger charge is 2.18. The van der Waals surface area contributed by atoms with Gasteiger partial charge in [0, 0.05) is 18.5 Å². The van der Waals surface area contributed by atoms with Crippen molar-refractivity contribution in [3.05, 3.63) is 35.4 Å². The summed E-state index contributed by atoms with van der Waals surface area (Å²) in [6.07, 6.45) is 5.95. The summed E-state index contributed by atoms with van der Waals surface area (Å²) in [5.41, 5.74) is 2.07. The Kier molecular flexibility index (Phi) is 5.78. The number of hydrogen-bond donors (Lipinski definition) is 0. The van der Waals surface area contributed by atoms with Crippen molar-refractivity contribution in [2.24, 2.45) is 5.92 Å². The van der Waals surface area contributed by atoms with Gasteiger partial charge < -0.3 is 4.90 Å². The summed E-state index contributed by atoms with van der Waals surface area (Å²) in [5.74, 6) is 1.20. The fraction of sp³-hybridized carbons (Fsp3) is 0.611. The average molecular weight is 273 g/mol. The summed E-state index contributed by atoms with van der Waals surface area (Å²) in [7, 11) is 0. The third kappa shape index (κ3) is 4.45. The molecule has 0 N–H and O–H groups in total. The van der Waals surface area contributed by atoms with E-state index >= 15 is 0 Å². The zero-order valence-electron chi connectivity index (χ0n) is 12.9. The highest BCUT2D eigenvalue weighted by molar-refractivity contribution is 5.96. The van der Waals surface area contributed by atoms with Crippen LogP contribution in [0, 0.1) is 12.8 Å². The Morgan fingerprint density at radius 3 is 2.45 bits per heavy atom. The van der Waals surface area contributed by atoms with Crippen LogP contribution < -0.4 is 0 Å². The molecule has 0 aromatic heterocycles. The lowest BCUT2D eigenvalue weighted by molar-refractivity contribution is 0.0950. The molecule has 0 aliphatic carbocycles. The molecule has 0 unspecified atom stereocenters. The lowest BCUT2D eigenvalue weighted by atomic mass is 9.92. The molecule has 1 saturated heterocycles. The number of rotatable bonds is 6. The van der Waals surface area contributed by atoms with Gasteiger partial charge in [-0.2, -0.15) is 0 Å². The maximum atomic E-state index is 12.1. The molecule has 1 aromatic carbocycles. The van der Waals surface area contributed by atoms with E-state index in [0.29, 0.717) is 6.42 Å². The van der Waals surface area contributed by atoms with Gasteiger partial charge in [0.05, 0.1) is 0 Å². The normalized spacial score (nSPS) is 17.3. The molecule has 2 rings (SSSR count). The molecule has 0 spiro atoms. The number of aryl methyl sites for hydroxylation is 1. The summed E-state index contributed by atoms with van der Waals surface area (Å²) in [6.45, 7) is 7.59. The summed E-state index contributed by atoms with van der Waals surface area (Å²) in [4.78, 5) is 14.6. The van der Waals surface area contributed by atoms with Gasteiger partial charge in [-0.25, -0.2) is 0 Å². The highest BCUT2D eigenvalue weighted by atomic mass is 16.1. The summed E-state index contributed by atoms with van der Waals surface area (Å²) in [6, 6.07) is 7.93. The lowest BCUT2D eigenvalue weighted by Crippen LogP contribution is -2.35. The maximum Gasteiger partial charge on any atom is 0.164 e. The van der Waals surface area contributed by atoms with Gasteiger partial charge in [-0.3, -0.25) is 4.79 Å². The molecular weight excluding hydrogens is 246 g/mol. The second kappa shape index (κ2) is 7.58. The fourth-order valence-corrected chi connectivity index (χ4v) is 3.05. The van der Waals surface area contributed by atoms with Crippen molar-refractivity contribution in [2.45, 2.75) is 46.0 Å². The van der Waals surface area contributed by atoms with Gasteiger partial charge in [0.2, 0.25) is 0 Å². The number of nitrogens with zero attached hydrogens (tertiary/aromatic N) is 1. The Balaban J connectivity index is 1.73. The molecule has 0 radical (unpaired) electrons. The van der Waals surface area contributed by atoms with E-state index in [-0.39, 0.29) is 5.78 Å². The van der Waals surface area contributed by atoms with Crippen molar-refractivity contribution in [2.75, 3.05) is 19.6 Å². The van der Waals surface area contributed by atoms with Crippen LogP contribution >= 0.6 is 0 Å². The van der Waals surface area contributed by atoms with Crippen molar-refractivity contribution in [3.63, 3.8) is 0 Å². The number of ketones is 1. The smallest absolute Gasteiger partial charge is 0.164 e. The van der Waals surface area contributed by atoms with Crippen LogP contribution in [-0.4, -0.2) is 30.3 Å². The predicted octanol–water partition coefficient (Wildman–Crippen LogP) is 4.08. The molecule has 110 valence electrons. The first-order valence-electron chi connectivity index (χ1n) is 8.01. The molecule has 1 aliphatic heterocycles. The Hall–Kier alpha value is -1.15. The van der Waals surface area contributed by atoms with Crippen LogP contribution in [0.4, 0.5) is 0 Å². The molecule has 0 atom stereocenters. The molecule has 2 heteroatoms. The molecule has 1 fully saturated rings. The van der Waals surface area contributed by atoms with Crippen molar-refractivity contribution < 1.29 is 4.79 Å². The molecule has 1 aliphatic rings. The second-order valence-corrected chi connectivity index (χ2v) is 6.11. The van der Waals surface area contributed by atoms with Gasteiger partial charge in [0.15, 0.2) is 5.78 Å². The van der Waals surface area contributed by atoms with Crippen molar-refractivity contribution in [1.29, 1.82) is 0 Å². The standard InChI is InChI=1S/C18H27NO/c1-3-4-16-9-12-19(13-10-16)14-11-18(20)17-7-5-15(2)6-8-17/h5-8,16H,3-4,9-14H2,1-2H3. The highest BCUT2D eigenvalue weighted by Crippen LogP contribution is 2.21. The van der Waals surface area contributed by atoms with E-state index in [1.165, 1.54) is 44.3 Å². The van der Waals surface area contributed by atoms with Crippen LogP contribution in [0.1, 0.15) is 54.9 Å². The molecule has 0 bridgehead atoms. The van der Waals surface area contributed by atoms with Gasteiger partial charge in [0.25, 0.3) is 0 Å². The fourth-order valence-electron chi connectivity index (χ4n) is 3.05. The molecule has 1 aromatic rings. The van der Waals surface area contributed by atoms with E-state index in [2.05, 4.69) is 18.7 Å². The van der Waals surface area contributed by atoms with Gasteiger partial charge in [-0.1, -0.05) is 49.6 Å². The molecule has 1 heterocycles. The number of piperidine rings is 1. The molecule has 2 nitrogen and oxygen atoms in total. The minimum Gasteiger partial charge on any atom is -0.303 e. The minimum atomic E-state index is 0.278. The van der Waals surface area contributed by atoms with E-state index in [9.17, 15) is 4.79 Å². The first-order valence-corrected chi connectivity index (χ1v) is 8.01. The number of hydrogen-bond acceptors (Lipinski definition) is 2. The Bertz CT molecular complexity index is 416. The summed E-state index contributed by atoms with van der Waals surface area (Å²) >= 11 is 0. The number of Topliss-reactive ketones (excluding diaryl/α,β-unsaturated/α-hetero) is 1. The molecule has 20 heavy (non-hydrogen) atoms. The minimum absolute atomic E-state index is 0.278. The number of carbonyl (C=O) groups is 1. The van der Waals surface area contributed by atoms with Crippen molar-refractivity contribution >= 4 is 5.78 Å². The van der Waals surface area contributed by atoms with Gasteiger partial charge in [-0.15, -0.1) is 0 Å². The van der Waals surface area contributed by atoms with Gasteiger partial charge in [-0.05, 0) is 38.8 Å². The van der Waals surface area contributed by atoms with Gasteiger partial charge in [0.1, 0.15) is 0 Å². The van der Waals surface area contributed by atoms with E-state index in [4.69, 9.17) is 0 Å². The van der Waals surface area contributed by atoms with Crippen LogP contribution in [-0.2, 0) is 0 Å². The Labute approximate surface area is 123 Å². The number of likely N-dealkylation sites (tertiary alicyclic amines) is 1. The van der Waals surface area contributed by atoms with Crippen LogP contribution in [0.25, 0.3) is 0 Å². The van der Waals surface area contributed by atoms with E-state index < -0.39 is 0 Å². The predicted molar refractivity (Wildman–Crippen MR) is 84.2 cm³/mol. The van der Waals surface area contributed by atoms with E-state index in [1.807, 2.05) is 24.3 Å². The van der Waals surface area contributed by atoms with E-state index in [0.717, 1.165) is 18.0 Å². The summed E-state index contributed by atoms with van der Waals surface area (Å²) < 4.78 is 0. The lowest BCUT2D eigenvalue weighted by Gasteiger charge is -2.31. The summed E-state index contributed by atoms with van der Waals surface area (Å²) in [5, 5.41) is 0. The quantitative estimate of drug-likeness (QED) is 0.728. The Morgan fingerprint density at radius 1 is 1.20 bits per heavy atom. The van der Waals surface area contributed by atoms with Crippen LogP contribution in [0.15, 0.2) is 24.3 Å². The third-order valence-corrected chi connectivity index (χ3v) is 4.43. The zero-order chi connectivity index (χ0) is 14.4. The van der Waals surface area contributed by atoms with Crippen LogP contribution in [0.5, 0.6) is 0 Å². The Morgan fingerprint density at radius 2 is 1.85 bits per heavy atom. The van der Waals surface area contributed by atoms with Crippen LogP contribution in [0.3, 0.4) is 0 Å². The number of carbonyl (C=O) groups excluding carboxylic acids is 1. The molecule has 0 amide bonds. The zero-order valence-corrected chi connectivity index (χ0v) is 12.9. The third-order valence-electron chi connectivity index (χ3n) is 4.43. The van der Waals surface area contributed by atoms with Gasteiger partial charge >= 0.3 is 0 Å². The average Bonchev–Trinajstić information content (AvgIpc) is 2.47. The van der Waals surface area contributed by atoms with Crippen LogP contribution in [0.2, 0.25) is 0 Å². The first-order chi connectivity index (χ1) is 9.69. The maximum absolute atomic E-state index is 12.1. The van der Waals surface area contributed by atoms with Crippen molar-refractivity contribution in [1.82, 2.24) is 4.90 Å². The SMILES string of the molecule is CCCC1CCN(CCC(=O)c2ccc(C)cc2)CC1. The monoisotopic (exact) mass is 273 g/mol. The molecule has 0 saturated carbocycles. The van der Waals surface area contributed by atoms with E-state index in [1.54, 1.807) is 0 Å². The molecular formula is C18H27NO. The number of benzene rings is 1. The topological polar surface area (TPSA) is 20.3 Å². The second-order valence-electron chi connectivity index (χ2n) is 6.11. The first kappa shape index (κ1) is 15.2.